The van der Waals surface area contributed by atoms with Crippen LogP contribution in [0.1, 0.15) is 0 Å². The Hall–Kier alpha value is -3.01. The van der Waals surface area contributed by atoms with E-state index < -0.39 is 21.5 Å². The molecule has 4 N–H and O–H groups in total. The van der Waals surface area contributed by atoms with Crippen LogP contribution in [0.5, 0.6) is 0 Å². The minimum atomic E-state index is -3.98. The quantitative estimate of drug-likeness (QED) is 0.401. The lowest BCUT2D eigenvalue weighted by Crippen LogP contribution is -2.50. The van der Waals surface area contributed by atoms with Crippen molar-refractivity contribution in [2.75, 3.05) is 5.32 Å². The van der Waals surface area contributed by atoms with Crippen LogP contribution in [0.4, 0.5) is 10.2 Å². The predicted molar refractivity (Wildman–Crippen MR) is 97.6 cm³/mol. The number of hydrazine groups is 1. The molecular formula is C18H15FN4O3S. The SMILES string of the molecule is O=S(=O)(c1ccc(F)cc1)c1cc2ccccc2c(NC2(O)C=CNN2)n1. The third-order valence-corrected chi connectivity index (χ3v) is 5.75. The van der Waals surface area contributed by atoms with Gasteiger partial charge in [0.05, 0.1) is 4.90 Å². The number of benzene rings is 2. The maximum atomic E-state index is 13.2. The van der Waals surface area contributed by atoms with Crippen molar-refractivity contribution in [2.45, 2.75) is 15.8 Å². The molecule has 0 amide bonds. The minimum Gasteiger partial charge on any atom is -0.354 e. The van der Waals surface area contributed by atoms with Crippen molar-refractivity contribution < 1.29 is 17.9 Å². The Kier molecular flexibility index (Phi) is 4.06. The van der Waals surface area contributed by atoms with Crippen molar-refractivity contribution in [3.8, 4) is 0 Å². The highest BCUT2D eigenvalue weighted by molar-refractivity contribution is 7.91. The van der Waals surface area contributed by atoms with Crippen molar-refractivity contribution in [1.82, 2.24) is 15.8 Å². The number of hydrogen-bond donors (Lipinski definition) is 4. The summed E-state index contributed by atoms with van der Waals surface area (Å²) in [5.41, 5.74) is 5.23. The van der Waals surface area contributed by atoms with Crippen LogP contribution in [0.2, 0.25) is 0 Å². The molecule has 0 bridgehead atoms. The molecule has 1 aliphatic heterocycles. The lowest BCUT2D eigenvalue weighted by atomic mass is 10.1. The number of fused-ring (bicyclic) bond motifs is 1. The van der Waals surface area contributed by atoms with Crippen LogP contribution in [0.3, 0.4) is 0 Å². The van der Waals surface area contributed by atoms with Gasteiger partial charge in [0, 0.05) is 17.7 Å². The van der Waals surface area contributed by atoms with E-state index in [1.807, 2.05) is 0 Å². The summed E-state index contributed by atoms with van der Waals surface area (Å²) in [6.07, 6.45) is 2.92. The lowest BCUT2D eigenvalue weighted by molar-refractivity contribution is 0.0847. The van der Waals surface area contributed by atoms with Crippen LogP contribution in [0.25, 0.3) is 10.8 Å². The molecule has 1 aliphatic rings. The van der Waals surface area contributed by atoms with Crippen molar-refractivity contribution in [1.29, 1.82) is 0 Å². The first-order chi connectivity index (χ1) is 12.9. The highest BCUT2D eigenvalue weighted by Gasteiger charge is 2.29. The zero-order valence-electron chi connectivity index (χ0n) is 13.8. The zero-order chi connectivity index (χ0) is 19.1. The summed E-state index contributed by atoms with van der Waals surface area (Å²) in [5, 5.41) is 14.3. The van der Waals surface area contributed by atoms with Crippen LogP contribution in [0, 0.1) is 5.82 Å². The van der Waals surface area contributed by atoms with Gasteiger partial charge in [-0.2, -0.15) is 5.43 Å². The fraction of sp³-hybridized carbons (Fsp3) is 0.0556. The van der Waals surface area contributed by atoms with E-state index in [2.05, 4.69) is 21.2 Å². The Bertz CT molecular complexity index is 1150. The molecule has 7 nitrogen and oxygen atoms in total. The van der Waals surface area contributed by atoms with E-state index in [-0.39, 0.29) is 15.7 Å². The van der Waals surface area contributed by atoms with Crippen LogP contribution in [0.15, 0.2) is 76.8 Å². The topological polar surface area (TPSA) is 103 Å². The molecular weight excluding hydrogens is 371 g/mol. The second kappa shape index (κ2) is 6.31. The highest BCUT2D eigenvalue weighted by Crippen LogP contribution is 2.29. The first-order valence-electron chi connectivity index (χ1n) is 7.99. The van der Waals surface area contributed by atoms with Crippen LogP contribution in [-0.2, 0) is 9.84 Å². The molecule has 4 rings (SSSR count). The molecule has 1 aromatic heterocycles. The van der Waals surface area contributed by atoms with Crippen LogP contribution < -0.4 is 16.2 Å². The third-order valence-electron chi connectivity index (χ3n) is 4.10. The zero-order valence-corrected chi connectivity index (χ0v) is 14.7. The molecule has 27 heavy (non-hydrogen) atoms. The molecule has 0 spiro atoms. The van der Waals surface area contributed by atoms with Gasteiger partial charge in [-0.3, -0.25) is 0 Å². The number of hydrogen-bond acceptors (Lipinski definition) is 7. The fourth-order valence-electron chi connectivity index (χ4n) is 2.75. The number of pyridine rings is 1. The highest BCUT2D eigenvalue weighted by atomic mass is 32.2. The summed E-state index contributed by atoms with van der Waals surface area (Å²) < 4.78 is 39.0. The van der Waals surface area contributed by atoms with Crippen molar-refractivity contribution in [3.05, 3.63) is 72.7 Å². The van der Waals surface area contributed by atoms with Gasteiger partial charge < -0.3 is 15.8 Å². The number of halogens is 1. The molecule has 3 aromatic rings. The lowest BCUT2D eigenvalue weighted by Gasteiger charge is -2.24. The number of aromatic nitrogens is 1. The molecule has 0 fully saturated rings. The Labute approximate surface area is 154 Å². The maximum absolute atomic E-state index is 13.2. The molecule has 0 saturated carbocycles. The summed E-state index contributed by atoms with van der Waals surface area (Å²) in [4.78, 5) is 4.15. The first kappa shape index (κ1) is 17.4. The van der Waals surface area contributed by atoms with E-state index in [1.165, 1.54) is 30.5 Å². The van der Waals surface area contributed by atoms with Gasteiger partial charge in [-0.1, -0.05) is 24.3 Å². The average molecular weight is 386 g/mol. The summed E-state index contributed by atoms with van der Waals surface area (Å²) in [7, 11) is -3.98. The van der Waals surface area contributed by atoms with E-state index in [4.69, 9.17) is 0 Å². The second-order valence-electron chi connectivity index (χ2n) is 5.98. The molecule has 0 aliphatic carbocycles. The van der Waals surface area contributed by atoms with Crippen molar-refractivity contribution in [2.24, 2.45) is 0 Å². The van der Waals surface area contributed by atoms with Gasteiger partial charge in [-0.15, -0.1) is 0 Å². The van der Waals surface area contributed by atoms with E-state index in [0.29, 0.717) is 10.8 Å². The number of aliphatic hydroxyl groups is 1. The number of nitrogens with one attached hydrogen (secondary N) is 3. The maximum Gasteiger partial charge on any atom is 0.233 e. The van der Waals surface area contributed by atoms with Gasteiger partial charge in [0.1, 0.15) is 11.6 Å². The molecule has 1 unspecified atom stereocenters. The molecule has 0 radical (unpaired) electrons. The standard InChI is InChI=1S/C18H15FN4O3S/c19-13-5-7-14(8-6-13)27(25,26)16-11-12-3-1-2-4-15(12)17(21-16)22-18(24)9-10-20-23-18/h1-11,20,23-24H,(H,21,22). The third kappa shape index (κ3) is 3.23. The first-order valence-corrected chi connectivity index (χ1v) is 9.47. The molecule has 2 aromatic carbocycles. The van der Waals surface area contributed by atoms with Gasteiger partial charge in [0.15, 0.2) is 5.03 Å². The van der Waals surface area contributed by atoms with E-state index in [0.717, 1.165) is 12.1 Å². The monoisotopic (exact) mass is 386 g/mol. The molecule has 1 atom stereocenters. The number of nitrogens with zero attached hydrogens (tertiary/aromatic N) is 1. The molecule has 9 heteroatoms. The predicted octanol–water partition coefficient (Wildman–Crippen LogP) is 1.89. The van der Waals surface area contributed by atoms with Gasteiger partial charge >= 0.3 is 0 Å². The Morgan fingerprint density at radius 1 is 1.11 bits per heavy atom. The molecule has 2 heterocycles. The number of rotatable bonds is 4. The second-order valence-corrected chi connectivity index (χ2v) is 7.88. The van der Waals surface area contributed by atoms with Gasteiger partial charge in [-0.25, -0.2) is 17.8 Å². The van der Waals surface area contributed by atoms with Gasteiger partial charge in [0.25, 0.3) is 0 Å². The van der Waals surface area contributed by atoms with Crippen molar-refractivity contribution in [3.63, 3.8) is 0 Å². The van der Waals surface area contributed by atoms with Crippen LogP contribution in [-0.4, -0.2) is 24.4 Å². The Morgan fingerprint density at radius 2 is 1.85 bits per heavy atom. The number of sulfone groups is 1. The van der Waals surface area contributed by atoms with Gasteiger partial charge in [-0.05, 0) is 35.7 Å². The largest absolute Gasteiger partial charge is 0.354 e. The van der Waals surface area contributed by atoms with Crippen molar-refractivity contribution >= 4 is 26.4 Å². The Morgan fingerprint density at radius 3 is 2.56 bits per heavy atom. The van der Waals surface area contributed by atoms with Gasteiger partial charge in [0.2, 0.25) is 15.7 Å². The van der Waals surface area contributed by atoms with E-state index in [9.17, 15) is 17.9 Å². The van der Waals surface area contributed by atoms with E-state index >= 15 is 0 Å². The molecule has 0 saturated heterocycles. The number of anilines is 1. The summed E-state index contributed by atoms with van der Waals surface area (Å²) >= 11 is 0. The normalized spacial score (nSPS) is 19.2. The van der Waals surface area contributed by atoms with Crippen LogP contribution >= 0.6 is 0 Å². The Balaban J connectivity index is 1.86. The fourth-order valence-corrected chi connectivity index (χ4v) is 3.98. The smallest absolute Gasteiger partial charge is 0.233 e. The minimum absolute atomic E-state index is 0.0723. The average Bonchev–Trinajstić information content (AvgIpc) is 3.08. The van der Waals surface area contributed by atoms with E-state index in [1.54, 1.807) is 24.3 Å². The summed E-state index contributed by atoms with van der Waals surface area (Å²) in [6.45, 7) is 0. The summed E-state index contributed by atoms with van der Waals surface area (Å²) in [5.74, 6) is -1.98. The summed E-state index contributed by atoms with van der Waals surface area (Å²) in [6, 6.07) is 13.0. The molecule has 138 valence electrons.